The van der Waals surface area contributed by atoms with Crippen molar-refractivity contribution in [3.63, 3.8) is 0 Å². The highest BCUT2D eigenvalue weighted by molar-refractivity contribution is 5.99. The number of hydrogen-bond donors (Lipinski definition) is 2. The molecule has 0 aliphatic carbocycles. The zero-order chi connectivity index (χ0) is 24.2. The molecular weight excluding hydrogens is 438 g/mol. The number of hydrogen-bond acceptors (Lipinski definition) is 7. The Morgan fingerprint density at radius 3 is 2.41 bits per heavy atom. The number of aliphatic hydroxyl groups excluding tert-OH is 1. The lowest BCUT2D eigenvalue weighted by molar-refractivity contribution is -0.134. The highest BCUT2D eigenvalue weighted by atomic mass is 16.5. The van der Waals surface area contributed by atoms with Gasteiger partial charge in [0, 0.05) is 42.8 Å². The zero-order valence-corrected chi connectivity index (χ0v) is 19.1. The van der Waals surface area contributed by atoms with Crippen molar-refractivity contribution in [3.05, 3.63) is 59.9 Å². The molecule has 1 aromatic heterocycles. The van der Waals surface area contributed by atoms with Crippen molar-refractivity contribution in [2.24, 2.45) is 0 Å². The Hall–Kier alpha value is -3.85. The summed E-state index contributed by atoms with van der Waals surface area (Å²) >= 11 is 0. The minimum atomic E-state index is -1.08. The number of anilines is 1. The van der Waals surface area contributed by atoms with E-state index in [2.05, 4.69) is 10.2 Å². The molecule has 1 fully saturated rings. The molecule has 1 unspecified atom stereocenters. The number of piperazine rings is 1. The van der Waals surface area contributed by atoms with Gasteiger partial charge in [-0.25, -0.2) is 0 Å². The van der Waals surface area contributed by atoms with Crippen LogP contribution >= 0.6 is 0 Å². The maximum atomic E-state index is 13.0. The van der Waals surface area contributed by atoms with Gasteiger partial charge in [0.2, 0.25) is 5.91 Å². The van der Waals surface area contributed by atoms with Gasteiger partial charge in [-0.05, 0) is 43.3 Å². The summed E-state index contributed by atoms with van der Waals surface area (Å²) in [7, 11) is 1.51. The van der Waals surface area contributed by atoms with E-state index in [1.165, 1.54) is 14.0 Å². The monoisotopic (exact) mass is 465 g/mol. The topological polar surface area (TPSA) is 112 Å². The normalized spacial score (nSPS) is 14.7. The van der Waals surface area contributed by atoms with Gasteiger partial charge in [-0.3, -0.25) is 14.4 Å². The van der Waals surface area contributed by atoms with Crippen LogP contribution in [-0.4, -0.2) is 73.5 Å². The van der Waals surface area contributed by atoms with Crippen molar-refractivity contribution in [1.29, 1.82) is 0 Å². The molecule has 34 heavy (non-hydrogen) atoms. The number of Topliss-reactive ketones (excluding diaryl/α,β-unsaturated/α-hetero) is 1. The second-order valence-corrected chi connectivity index (χ2v) is 8.11. The van der Waals surface area contributed by atoms with Gasteiger partial charge < -0.3 is 29.4 Å². The molecule has 0 radical (unpaired) electrons. The number of methoxy groups -OCH3 is 1. The van der Waals surface area contributed by atoms with Crippen LogP contribution < -0.4 is 15.0 Å². The fourth-order valence-corrected chi connectivity index (χ4v) is 4.04. The summed E-state index contributed by atoms with van der Waals surface area (Å²) in [6.07, 6.45) is 0. The summed E-state index contributed by atoms with van der Waals surface area (Å²) in [5.41, 5.74) is 2.07. The first-order valence-corrected chi connectivity index (χ1v) is 11.0. The highest BCUT2D eigenvalue weighted by Gasteiger charge is 2.29. The average Bonchev–Trinajstić information content (AvgIpc) is 3.32. The average molecular weight is 466 g/mol. The van der Waals surface area contributed by atoms with Gasteiger partial charge in [0.25, 0.3) is 5.91 Å². The summed E-state index contributed by atoms with van der Waals surface area (Å²) in [5, 5.41) is 13.1. The fourth-order valence-electron chi connectivity index (χ4n) is 4.04. The van der Waals surface area contributed by atoms with E-state index < -0.39 is 18.6 Å². The molecule has 2 amide bonds. The Balaban J connectivity index is 1.37. The molecule has 1 aliphatic heterocycles. The van der Waals surface area contributed by atoms with Crippen molar-refractivity contribution in [2.45, 2.75) is 13.0 Å². The molecule has 2 heterocycles. The van der Waals surface area contributed by atoms with Crippen molar-refractivity contribution >= 4 is 34.3 Å². The molecule has 1 atom stereocenters. The summed E-state index contributed by atoms with van der Waals surface area (Å²) in [4.78, 5) is 40.9. The van der Waals surface area contributed by atoms with Crippen LogP contribution in [-0.2, 0) is 4.79 Å². The zero-order valence-electron chi connectivity index (χ0n) is 19.1. The van der Waals surface area contributed by atoms with Crippen LogP contribution in [0.2, 0.25) is 0 Å². The lowest BCUT2D eigenvalue weighted by Crippen LogP contribution is -2.56. The lowest BCUT2D eigenvalue weighted by atomic mass is 10.1. The van der Waals surface area contributed by atoms with Crippen molar-refractivity contribution in [3.8, 4) is 5.75 Å². The SMILES string of the molecule is COc1cccc2cc(C(=O)NC(CO)C(=O)N3CCN(c4ccc(C(C)=O)cc4)CC3)oc12. The number of fused-ring (bicyclic) bond motifs is 1. The van der Waals surface area contributed by atoms with Crippen LogP contribution in [0.15, 0.2) is 52.9 Å². The van der Waals surface area contributed by atoms with Gasteiger partial charge in [-0.1, -0.05) is 12.1 Å². The number of amides is 2. The predicted octanol–water partition coefficient (Wildman–Crippen LogP) is 2.08. The number of ketones is 1. The van der Waals surface area contributed by atoms with Crippen molar-refractivity contribution in [1.82, 2.24) is 10.2 Å². The maximum Gasteiger partial charge on any atom is 0.287 e. The van der Waals surface area contributed by atoms with E-state index in [9.17, 15) is 19.5 Å². The number of benzene rings is 2. The number of aliphatic hydroxyl groups is 1. The Bertz CT molecular complexity index is 1200. The number of ether oxygens (including phenoxy) is 1. The Morgan fingerprint density at radius 2 is 1.79 bits per heavy atom. The molecule has 0 saturated carbocycles. The lowest BCUT2D eigenvalue weighted by Gasteiger charge is -2.37. The molecule has 0 bridgehead atoms. The quantitative estimate of drug-likeness (QED) is 0.514. The Kier molecular flexibility index (Phi) is 6.83. The fraction of sp³-hybridized carbons (Fsp3) is 0.320. The number of para-hydroxylation sites is 1. The molecule has 1 saturated heterocycles. The first kappa shape index (κ1) is 23.3. The van der Waals surface area contributed by atoms with E-state index in [0.29, 0.717) is 48.5 Å². The van der Waals surface area contributed by atoms with Gasteiger partial charge in [0.1, 0.15) is 6.04 Å². The molecule has 0 spiro atoms. The summed E-state index contributed by atoms with van der Waals surface area (Å²) in [6, 6.07) is 13.2. The molecule has 3 aromatic rings. The van der Waals surface area contributed by atoms with Gasteiger partial charge in [0.15, 0.2) is 22.9 Å². The third kappa shape index (κ3) is 4.74. The summed E-state index contributed by atoms with van der Waals surface area (Å²) in [5.74, 6) is -0.392. The summed E-state index contributed by atoms with van der Waals surface area (Å²) < 4.78 is 10.9. The van der Waals surface area contributed by atoms with Crippen molar-refractivity contribution in [2.75, 3.05) is 44.8 Å². The molecule has 178 valence electrons. The predicted molar refractivity (Wildman–Crippen MR) is 126 cm³/mol. The minimum Gasteiger partial charge on any atom is -0.493 e. The molecule has 1 aliphatic rings. The van der Waals surface area contributed by atoms with Crippen LogP contribution in [0, 0.1) is 0 Å². The number of carbonyl (C=O) groups is 3. The number of carbonyl (C=O) groups excluding carboxylic acids is 3. The van der Waals surface area contributed by atoms with Crippen LogP contribution in [0.4, 0.5) is 5.69 Å². The molecule has 9 nitrogen and oxygen atoms in total. The smallest absolute Gasteiger partial charge is 0.287 e. The van der Waals surface area contributed by atoms with Gasteiger partial charge in [-0.15, -0.1) is 0 Å². The molecule has 2 N–H and O–H groups in total. The Morgan fingerprint density at radius 1 is 1.09 bits per heavy atom. The number of nitrogens with one attached hydrogen (secondary N) is 1. The first-order valence-electron chi connectivity index (χ1n) is 11.0. The largest absolute Gasteiger partial charge is 0.493 e. The molecular formula is C25H27N3O6. The van der Waals surface area contributed by atoms with Gasteiger partial charge in [0.05, 0.1) is 13.7 Å². The number of nitrogens with zero attached hydrogens (tertiary/aromatic N) is 2. The molecule has 2 aromatic carbocycles. The second-order valence-electron chi connectivity index (χ2n) is 8.11. The second kappa shape index (κ2) is 9.96. The maximum absolute atomic E-state index is 13.0. The summed E-state index contributed by atoms with van der Waals surface area (Å²) in [6.45, 7) is 3.09. The van der Waals surface area contributed by atoms with E-state index in [-0.39, 0.29) is 17.5 Å². The molecule has 9 heteroatoms. The molecule has 4 rings (SSSR count). The number of furan rings is 1. The highest BCUT2D eigenvalue weighted by Crippen LogP contribution is 2.28. The number of rotatable bonds is 7. The third-order valence-electron chi connectivity index (χ3n) is 5.97. The van der Waals surface area contributed by atoms with Crippen LogP contribution in [0.25, 0.3) is 11.0 Å². The minimum absolute atomic E-state index is 0.0147. The standard InChI is InChI=1S/C25H27N3O6/c1-16(30)17-6-8-19(9-7-17)27-10-12-28(13-11-27)25(32)20(15-29)26-24(31)22-14-18-4-3-5-21(33-2)23(18)34-22/h3-9,14,20,29H,10-13,15H2,1-2H3,(H,26,31). The van der Waals surface area contributed by atoms with E-state index in [1.807, 2.05) is 12.1 Å². The van der Waals surface area contributed by atoms with E-state index in [0.717, 1.165) is 5.69 Å². The van der Waals surface area contributed by atoms with E-state index >= 15 is 0 Å². The third-order valence-corrected chi connectivity index (χ3v) is 5.97. The first-order chi connectivity index (χ1) is 16.4. The van der Waals surface area contributed by atoms with Crippen LogP contribution in [0.1, 0.15) is 27.8 Å². The van der Waals surface area contributed by atoms with Crippen LogP contribution in [0.5, 0.6) is 5.75 Å². The Labute approximate surface area is 196 Å². The van der Waals surface area contributed by atoms with E-state index in [1.54, 1.807) is 41.3 Å². The van der Waals surface area contributed by atoms with Crippen molar-refractivity contribution < 1.29 is 28.6 Å². The van der Waals surface area contributed by atoms with Crippen LogP contribution in [0.3, 0.4) is 0 Å². The van der Waals surface area contributed by atoms with Gasteiger partial charge in [-0.2, -0.15) is 0 Å². The van der Waals surface area contributed by atoms with Gasteiger partial charge >= 0.3 is 0 Å². The van der Waals surface area contributed by atoms with E-state index in [4.69, 9.17) is 9.15 Å².